The lowest BCUT2D eigenvalue weighted by atomic mass is 10.1. The fourth-order valence-corrected chi connectivity index (χ4v) is 1.27. The van der Waals surface area contributed by atoms with Gasteiger partial charge in [-0.05, 0) is 24.6 Å². The summed E-state index contributed by atoms with van der Waals surface area (Å²) in [7, 11) is 0. The van der Waals surface area contributed by atoms with E-state index in [-0.39, 0.29) is 11.9 Å². The second-order valence-electron chi connectivity index (χ2n) is 3.16. The number of hydrogen-bond donors (Lipinski definition) is 1. The van der Waals surface area contributed by atoms with Gasteiger partial charge in [0, 0.05) is 6.92 Å². The van der Waals surface area contributed by atoms with E-state index in [0.29, 0.717) is 5.56 Å². The van der Waals surface area contributed by atoms with Gasteiger partial charge in [-0.2, -0.15) is 5.26 Å². The number of hydrogen-bond acceptors (Lipinski definition) is 2. The van der Waals surface area contributed by atoms with Gasteiger partial charge in [0.05, 0.1) is 17.7 Å². The molecule has 0 aliphatic carbocycles. The van der Waals surface area contributed by atoms with Crippen molar-refractivity contribution >= 4 is 5.91 Å². The molecule has 1 rings (SSSR count). The smallest absolute Gasteiger partial charge is 0.217 e. The minimum Gasteiger partial charge on any atom is -0.350 e. The van der Waals surface area contributed by atoms with E-state index >= 15 is 0 Å². The summed E-state index contributed by atoms with van der Waals surface area (Å²) in [4.78, 5) is 10.8. The summed E-state index contributed by atoms with van der Waals surface area (Å²) in [6.45, 7) is 3.36. The Bertz CT molecular complexity index is 379. The molecular formula is C11H12N2O. The third-order valence-corrected chi connectivity index (χ3v) is 1.94. The molecule has 0 aliphatic heterocycles. The fraction of sp³-hybridized carbons (Fsp3) is 0.273. The predicted molar refractivity (Wildman–Crippen MR) is 53.4 cm³/mol. The molecule has 0 aromatic heterocycles. The Morgan fingerprint density at radius 3 is 2.86 bits per heavy atom. The van der Waals surface area contributed by atoms with Crippen molar-refractivity contribution < 1.29 is 4.79 Å². The van der Waals surface area contributed by atoms with Crippen molar-refractivity contribution in [2.75, 3.05) is 0 Å². The van der Waals surface area contributed by atoms with Crippen LogP contribution in [0.15, 0.2) is 24.3 Å². The van der Waals surface area contributed by atoms with Crippen LogP contribution in [-0.4, -0.2) is 5.91 Å². The molecule has 3 heteroatoms. The number of carbonyl (C=O) groups excluding carboxylic acids is 1. The van der Waals surface area contributed by atoms with Crippen LogP contribution in [0.2, 0.25) is 0 Å². The van der Waals surface area contributed by atoms with Crippen LogP contribution < -0.4 is 5.32 Å². The molecule has 1 aromatic rings. The number of nitrogens with zero attached hydrogens (tertiary/aromatic N) is 1. The molecule has 14 heavy (non-hydrogen) atoms. The van der Waals surface area contributed by atoms with E-state index in [2.05, 4.69) is 11.4 Å². The molecular weight excluding hydrogens is 176 g/mol. The molecule has 0 saturated carbocycles. The SMILES string of the molecule is CC(=O)NC(C)c1cccc(C#N)c1. The molecule has 1 N–H and O–H groups in total. The van der Waals surface area contributed by atoms with Crippen molar-refractivity contribution in [3.63, 3.8) is 0 Å². The lowest BCUT2D eigenvalue weighted by Crippen LogP contribution is -2.23. The Kier molecular flexibility index (Phi) is 3.24. The predicted octanol–water partition coefficient (Wildman–Crippen LogP) is 1.76. The van der Waals surface area contributed by atoms with Crippen molar-refractivity contribution in [3.8, 4) is 6.07 Å². The lowest BCUT2D eigenvalue weighted by molar-refractivity contribution is -0.119. The molecule has 0 fully saturated rings. The lowest BCUT2D eigenvalue weighted by Gasteiger charge is -2.12. The maximum Gasteiger partial charge on any atom is 0.217 e. The summed E-state index contributed by atoms with van der Waals surface area (Å²) in [6, 6.07) is 9.23. The highest BCUT2D eigenvalue weighted by Crippen LogP contribution is 2.13. The average Bonchev–Trinajstić information content (AvgIpc) is 2.17. The van der Waals surface area contributed by atoms with Crippen LogP contribution in [-0.2, 0) is 4.79 Å². The van der Waals surface area contributed by atoms with Gasteiger partial charge in [0.25, 0.3) is 0 Å². The number of nitrogens with one attached hydrogen (secondary N) is 1. The van der Waals surface area contributed by atoms with Gasteiger partial charge >= 0.3 is 0 Å². The molecule has 1 atom stereocenters. The summed E-state index contributed by atoms with van der Waals surface area (Å²) in [5.74, 6) is -0.0696. The van der Waals surface area contributed by atoms with Crippen LogP contribution >= 0.6 is 0 Å². The third kappa shape index (κ3) is 2.60. The topological polar surface area (TPSA) is 52.9 Å². The largest absolute Gasteiger partial charge is 0.350 e. The van der Waals surface area contributed by atoms with Crippen LogP contribution in [0.25, 0.3) is 0 Å². The molecule has 1 amide bonds. The molecule has 72 valence electrons. The van der Waals surface area contributed by atoms with Crippen molar-refractivity contribution in [2.45, 2.75) is 19.9 Å². The van der Waals surface area contributed by atoms with Gasteiger partial charge in [-0.1, -0.05) is 12.1 Å². The Hall–Kier alpha value is -1.82. The molecule has 0 spiro atoms. The first-order chi connectivity index (χ1) is 6.63. The van der Waals surface area contributed by atoms with Crippen molar-refractivity contribution in [2.24, 2.45) is 0 Å². The Morgan fingerprint density at radius 1 is 1.57 bits per heavy atom. The summed E-state index contributed by atoms with van der Waals surface area (Å²) < 4.78 is 0. The van der Waals surface area contributed by atoms with Gasteiger partial charge in [0.15, 0.2) is 0 Å². The van der Waals surface area contributed by atoms with E-state index in [1.807, 2.05) is 19.1 Å². The van der Waals surface area contributed by atoms with Crippen LogP contribution in [0.5, 0.6) is 0 Å². The highest BCUT2D eigenvalue weighted by atomic mass is 16.1. The minimum absolute atomic E-state index is 0.0548. The third-order valence-electron chi connectivity index (χ3n) is 1.94. The fourth-order valence-electron chi connectivity index (χ4n) is 1.27. The standard InChI is InChI=1S/C11H12N2O/c1-8(13-9(2)14)11-5-3-4-10(6-11)7-12/h3-6,8H,1-2H3,(H,13,14). The summed E-state index contributed by atoms with van der Waals surface area (Å²) in [6.07, 6.45) is 0. The van der Waals surface area contributed by atoms with Gasteiger partial charge in [-0.15, -0.1) is 0 Å². The van der Waals surface area contributed by atoms with Crippen molar-refractivity contribution in [1.29, 1.82) is 5.26 Å². The average molecular weight is 188 g/mol. The molecule has 0 saturated heterocycles. The minimum atomic E-state index is -0.0696. The second-order valence-corrected chi connectivity index (χ2v) is 3.16. The molecule has 3 nitrogen and oxygen atoms in total. The van der Waals surface area contributed by atoms with Gasteiger partial charge in [0.2, 0.25) is 5.91 Å². The summed E-state index contributed by atoms with van der Waals surface area (Å²) in [5, 5.41) is 11.5. The Balaban J connectivity index is 2.85. The zero-order valence-electron chi connectivity index (χ0n) is 8.24. The molecule has 0 heterocycles. The van der Waals surface area contributed by atoms with Crippen molar-refractivity contribution in [1.82, 2.24) is 5.32 Å². The van der Waals surface area contributed by atoms with E-state index in [1.165, 1.54) is 6.92 Å². The molecule has 1 unspecified atom stereocenters. The number of benzene rings is 1. The van der Waals surface area contributed by atoms with E-state index in [4.69, 9.17) is 5.26 Å². The Morgan fingerprint density at radius 2 is 2.29 bits per heavy atom. The number of nitriles is 1. The van der Waals surface area contributed by atoms with Crippen molar-refractivity contribution in [3.05, 3.63) is 35.4 Å². The number of carbonyl (C=O) groups is 1. The molecule has 1 aromatic carbocycles. The first-order valence-corrected chi connectivity index (χ1v) is 4.40. The summed E-state index contributed by atoms with van der Waals surface area (Å²) in [5.41, 5.74) is 1.55. The van der Waals surface area contributed by atoms with E-state index in [0.717, 1.165) is 5.56 Å². The highest BCUT2D eigenvalue weighted by Gasteiger charge is 2.06. The van der Waals surface area contributed by atoms with E-state index in [9.17, 15) is 4.79 Å². The normalized spacial score (nSPS) is 11.5. The van der Waals surface area contributed by atoms with Gasteiger partial charge < -0.3 is 5.32 Å². The van der Waals surface area contributed by atoms with Gasteiger partial charge in [-0.25, -0.2) is 0 Å². The zero-order valence-corrected chi connectivity index (χ0v) is 8.24. The van der Waals surface area contributed by atoms with Gasteiger partial charge in [-0.3, -0.25) is 4.79 Å². The first-order valence-electron chi connectivity index (χ1n) is 4.40. The monoisotopic (exact) mass is 188 g/mol. The molecule has 0 radical (unpaired) electrons. The van der Waals surface area contributed by atoms with Crippen LogP contribution in [0, 0.1) is 11.3 Å². The van der Waals surface area contributed by atoms with Crippen LogP contribution in [0.4, 0.5) is 0 Å². The van der Waals surface area contributed by atoms with Crippen LogP contribution in [0.1, 0.15) is 31.0 Å². The van der Waals surface area contributed by atoms with Gasteiger partial charge in [0.1, 0.15) is 0 Å². The zero-order chi connectivity index (χ0) is 10.6. The highest BCUT2D eigenvalue weighted by molar-refractivity contribution is 5.73. The number of rotatable bonds is 2. The van der Waals surface area contributed by atoms with E-state index in [1.54, 1.807) is 12.1 Å². The van der Waals surface area contributed by atoms with Crippen LogP contribution in [0.3, 0.4) is 0 Å². The maximum absolute atomic E-state index is 10.8. The molecule has 0 bridgehead atoms. The number of amides is 1. The summed E-state index contributed by atoms with van der Waals surface area (Å²) >= 11 is 0. The molecule has 0 aliphatic rings. The van der Waals surface area contributed by atoms with E-state index < -0.39 is 0 Å². The maximum atomic E-state index is 10.8. The quantitative estimate of drug-likeness (QED) is 0.768. The first kappa shape index (κ1) is 10.3. The second kappa shape index (κ2) is 4.43. The Labute approximate surface area is 83.4 Å².